The van der Waals surface area contributed by atoms with Gasteiger partial charge in [-0.05, 0) is 30.9 Å². The van der Waals surface area contributed by atoms with Gasteiger partial charge in [0, 0.05) is 25.7 Å². The number of nitrogens with one attached hydrogen (secondary N) is 1. The van der Waals surface area contributed by atoms with Crippen molar-refractivity contribution in [2.45, 2.75) is 37.9 Å². The Morgan fingerprint density at radius 2 is 1.64 bits per heavy atom. The molecule has 25 heavy (non-hydrogen) atoms. The summed E-state index contributed by atoms with van der Waals surface area (Å²) in [5, 5.41) is 3.15. The van der Waals surface area contributed by atoms with Crippen molar-refractivity contribution < 1.29 is 4.79 Å². The maximum absolute atomic E-state index is 12.7. The van der Waals surface area contributed by atoms with Gasteiger partial charge in [0.2, 0.25) is 5.91 Å². The third kappa shape index (κ3) is 4.47. The lowest BCUT2D eigenvalue weighted by atomic mass is 9.91. The Kier molecular flexibility index (Phi) is 5.51. The molecule has 1 atom stereocenters. The van der Waals surface area contributed by atoms with Crippen molar-refractivity contribution in [3.63, 3.8) is 0 Å². The van der Waals surface area contributed by atoms with Crippen LogP contribution in [0.4, 0.5) is 0 Å². The lowest BCUT2D eigenvalue weighted by molar-refractivity contribution is -0.127. The summed E-state index contributed by atoms with van der Waals surface area (Å²) < 4.78 is 0. The first kappa shape index (κ1) is 17.6. The van der Waals surface area contributed by atoms with Crippen molar-refractivity contribution in [1.29, 1.82) is 0 Å². The molecule has 0 saturated carbocycles. The van der Waals surface area contributed by atoms with Crippen LogP contribution in [0.5, 0.6) is 0 Å². The zero-order valence-corrected chi connectivity index (χ0v) is 14.8. The minimum Gasteiger partial charge on any atom is -0.351 e. The highest BCUT2D eigenvalue weighted by atomic mass is 16.2. The largest absolute Gasteiger partial charge is 0.351 e. The number of piperidine rings is 1. The summed E-state index contributed by atoms with van der Waals surface area (Å²) >= 11 is 0. The highest BCUT2D eigenvalue weighted by Gasteiger charge is 2.32. The number of carbonyl (C=O) groups is 1. The van der Waals surface area contributed by atoms with Gasteiger partial charge >= 0.3 is 0 Å². The number of nitrogens with two attached hydrogens (primary N) is 1. The van der Waals surface area contributed by atoms with Crippen LogP contribution in [0.15, 0.2) is 60.7 Å². The van der Waals surface area contributed by atoms with Gasteiger partial charge in [0.1, 0.15) is 5.54 Å². The number of benzene rings is 2. The van der Waals surface area contributed by atoms with Crippen LogP contribution in [0.3, 0.4) is 0 Å². The summed E-state index contributed by atoms with van der Waals surface area (Å²) in [6.07, 6.45) is 1.92. The zero-order chi connectivity index (χ0) is 17.7. The normalized spacial score (nSPS) is 18.5. The van der Waals surface area contributed by atoms with E-state index in [0.29, 0.717) is 0 Å². The summed E-state index contributed by atoms with van der Waals surface area (Å²) in [6, 6.07) is 20.3. The second kappa shape index (κ2) is 7.81. The maximum atomic E-state index is 12.7. The molecular weight excluding hydrogens is 310 g/mol. The van der Waals surface area contributed by atoms with Gasteiger partial charge in [-0.1, -0.05) is 60.7 Å². The third-order valence-corrected chi connectivity index (χ3v) is 5.02. The number of nitrogens with zero attached hydrogens (tertiary/aromatic N) is 1. The van der Waals surface area contributed by atoms with Crippen LogP contribution >= 0.6 is 0 Å². The first-order valence-electron chi connectivity index (χ1n) is 8.97. The van der Waals surface area contributed by atoms with Crippen molar-refractivity contribution >= 4 is 5.91 Å². The van der Waals surface area contributed by atoms with Gasteiger partial charge in [-0.2, -0.15) is 0 Å². The molecule has 0 bridgehead atoms. The van der Waals surface area contributed by atoms with Crippen molar-refractivity contribution in [2.75, 3.05) is 13.1 Å². The molecule has 0 aromatic heterocycles. The first-order valence-corrected chi connectivity index (χ1v) is 8.97. The van der Waals surface area contributed by atoms with Crippen LogP contribution in [0.2, 0.25) is 0 Å². The Morgan fingerprint density at radius 1 is 1.08 bits per heavy atom. The fraction of sp³-hybridized carbons (Fsp3) is 0.381. The fourth-order valence-corrected chi connectivity index (χ4v) is 3.33. The van der Waals surface area contributed by atoms with Gasteiger partial charge < -0.3 is 11.1 Å². The Hall–Kier alpha value is -2.17. The standard InChI is InChI=1S/C21H27N3O/c1-21(22,18-10-6-3-7-11-18)20(25)23-19-12-14-24(15-13-19)16-17-8-4-2-5-9-17/h2-11,19H,12-16,22H2,1H3,(H,23,25). The summed E-state index contributed by atoms with van der Waals surface area (Å²) in [4.78, 5) is 15.1. The second-order valence-electron chi connectivity index (χ2n) is 7.08. The molecule has 1 unspecified atom stereocenters. The molecule has 1 saturated heterocycles. The average Bonchev–Trinajstić information content (AvgIpc) is 2.65. The molecule has 4 heteroatoms. The van der Waals surface area contributed by atoms with E-state index in [1.54, 1.807) is 6.92 Å². The van der Waals surface area contributed by atoms with Gasteiger partial charge in [-0.25, -0.2) is 0 Å². The number of hydrogen-bond donors (Lipinski definition) is 2. The van der Waals surface area contributed by atoms with Crippen molar-refractivity contribution in [1.82, 2.24) is 10.2 Å². The summed E-state index contributed by atoms with van der Waals surface area (Å²) in [5.74, 6) is -0.0970. The van der Waals surface area contributed by atoms with E-state index in [9.17, 15) is 4.79 Å². The third-order valence-electron chi connectivity index (χ3n) is 5.02. The SMILES string of the molecule is CC(N)(C(=O)NC1CCN(Cc2ccccc2)CC1)c1ccccc1. The molecule has 132 valence electrons. The average molecular weight is 337 g/mol. The molecule has 2 aromatic carbocycles. The molecule has 0 radical (unpaired) electrons. The number of hydrogen-bond acceptors (Lipinski definition) is 3. The molecule has 2 aromatic rings. The van der Waals surface area contributed by atoms with Crippen molar-refractivity contribution in [2.24, 2.45) is 5.73 Å². The Balaban J connectivity index is 1.51. The monoisotopic (exact) mass is 337 g/mol. The van der Waals surface area contributed by atoms with Crippen LogP contribution in [0.1, 0.15) is 30.9 Å². The molecule has 4 nitrogen and oxygen atoms in total. The predicted molar refractivity (Wildman–Crippen MR) is 101 cm³/mol. The van der Waals surface area contributed by atoms with E-state index in [1.165, 1.54) is 5.56 Å². The number of rotatable bonds is 5. The molecule has 1 aliphatic rings. The molecule has 1 fully saturated rings. The van der Waals surface area contributed by atoms with Gasteiger partial charge in [0.25, 0.3) is 0 Å². The smallest absolute Gasteiger partial charge is 0.244 e. The van der Waals surface area contributed by atoms with Crippen molar-refractivity contribution in [3.05, 3.63) is 71.8 Å². The number of amides is 1. The molecule has 0 spiro atoms. The minimum atomic E-state index is -0.998. The molecule has 1 heterocycles. The second-order valence-corrected chi connectivity index (χ2v) is 7.08. The van der Waals surface area contributed by atoms with Gasteiger partial charge in [0.15, 0.2) is 0 Å². The number of likely N-dealkylation sites (tertiary alicyclic amines) is 1. The molecule has 3 rings (SSSR count). The van der Waals surface area contributed by atoms with E-state index in [1.807, 2.05) is 36.4 Å². The Morgan fingerprint density at radius 3 is 2.24 bits per heavy atom. The van der Waals surface area contributed by atoms with E-state index in [0.717, 1.165) is 38.0 Å². The minimum absolute atomic E-state index is 0.0970. The molecule has 0 aliphatic carbocycles. The van der Waals surface area contributed by atoms with Gasteiger partial charge in [-0.3, -0.25) is 9.69 Å². The predicted octanol–water partition coefficient (Wildman–Crippen LogP) is 2.64. The van der Waals surface area contributed by atoms with Crippen LogP contribution < -0.4 is 11.1 Å². The lowest BCUT2D eigenvalue weighted by Crippen LogP contribution is -2.54. The summed E-state index contributed by atoms with van der Waals surface area (Å²) in [6.45, 7) is 4.74. The van der Waals surface area contributed by atoms with Crippen LogP contribution in [0.25, 0.3) is 0 Å². The van der Waals surface area contributed by atoms with Gasteiger partial charge in [-0.15, -0.1) is 0 Å². The summed E-state index contributed by atoms with van der Waals surface area (Å²) in [5.41, 5.74) is 7.49. The van der Waals surface area contributed by atoms with E-state index in [4.69, 9.17) is 5.73 Å². The molecule has 1 aliphatic heterocycles. The Labute approximate surface area is 150 Å². The number of carbonyl (C=O) groups excluding carboxylic acids is 1. The maximum Gasteiger partial charge on any atom is 0.244 e. The van der Waals surface area contributed by atoms with Crippen LogP contribution in [-0.2, 0) is 16.9 Å². The van der Waals surface area contributed by atoms with Crippen molar-refractivity contribution in [3.8, 4) is 0 Å². The van der Waals surface area contributed by atoms with E-state index in [-0.39, 0.29) is 11.9 Å². The fourth-order valence-electron chi connectivity index (χ4n) is 3.33. The van der Waals surface area contributed by atoms with E-state index >= 15 is 0 Å². The van der Waals surface area contributed by atoms with Crippen LogP contribution in [0, 0.1) is 0 Å². The van der Waals surface area contributed by atoms with Crippen LogP contribution in [-0.4, -0.2) is 29.9 Å². The van der Waals surface area contributed by atoms with E-state index < -0.39 is 5.54 Å². The molecular formula is C21H27N3O. The molecule has 3 N–H and O–H groups in total. The highest BCUT2D eigenvalue weighted by Crippen LogP contribution is 2.19. The quantitative estimate of drug-likeness (QED) is 0.882. The first-order chi connectivity index (χ1) is 12.1. The van der Waals surface area contributed by atoms with E-state index in [2.05, 4.69) is 34.5 Å². The topological polar surface area (TPSA) is 58.4 Å². The lowest BCUT2D eigenvalue weighted by Gasteiger charge is -2.34. The Bertz CT molecular complexity index is 677. The molecule has 1 amide bonds. The highest BCUT2D eigenvalue weighted by molar-refractivity contribution is 5.87. The zero-order valence-electron chi connectivity index (χ0n) is 14.8. The van der Waals surface area contributed by atoms with Gasteiger partial charge in [0.05, 0.1) is 0 Å². The summed E-state index contributed by atoms with van der Waals surface area (Å²) in [7, 11) is 0.